The molecule has 0 spiro atoms. The first-order chi connectivity index (χ1) is 4.72. The maximum atomic E-state index is 5.09. The third kappa shape index (κ3) is 15.9. The molecule has 0 aromatic rings. The minimum atomic E-state index is 0.715. The first-order valence-corrected chi connectivity index (χ1v) is 5.45. The molecular weight excluding hydrogens is 470 g/mol. The van der Waals surface area contributed by atoms with Gasteiger partial charge in [-0.15, -0.1) is 0 Å². The van der Waals surface area contributed by atoms with Crippen molar-refractivity contribution in [3.05, 3.63) is 12.7 Å². The van der Waals surface area contributed by atoms with E-state index >= 15 is 0 Å². The topological polar surface area (TPSA) is 35.2 Å². The third-order valence-corrected chi connectivity index (χ3v) is 1.33. The van der Waals surface area contributed by atoms with Crippen LogP contribution in [0, 0.1) is 6.58 Å². The van der Waals surface area contributed by atoms with Crippen molar-refractivity contribution in [3.8, 4) is 0 Å². The molecule has 0 atom stereocenters. The predicted molar refractivity (Wildman–Crippen MR) is 34.7 cm³/mol. The van der Waals surface area contributed by atoms with Crippen LogP contribution in [-0.2, 0) is 43.4 Å². The van der Waals surface area contributed by atoms with Crippen LogP contribution in [0.2, 0.25) is 0 Å². The Balaban J connectivity index is 0. The van der Waals surface area contributed by atoms with Crippen LogP contribution in [-0.4, -0.2) is 15.2 Å². The summed E-state index contributed by atoms with van der Waals surface area (Å²) < 4.78 is 8.16. The molecule has 0 saturated heterocycles. The zero-order chi connectivity index (χ0) is 8.41. The summed E-state index contributed by atoms with van der Waals surface area (Å²) >= 11 is 2.48. The second kappa shape index (κ2) is 12.5. The molecule has 10 heavy (non-hydrogen) atoms. The second-order valence-corrected chi connectivity index (χ2v) is 3.33. The van der Waals surface area contributed by atoms with Crippen LogP contribution in [0.3, 0.4) is 0 Å². The van der Waals surface area contributed by atoms with Crippen molar-refractivity contribution in [2.24, 2.45) is 5.73 Å². The number of nitrogens with two attached hydrogens (primary N) is 1. The van der Waals surface area contributed by atoms with Gasteiger partial charge in [-0.2, -0.15) is 0 Å². The van der Waals surface area contributed by atoms with E-state index in [4.69, 9.17) is 11.3 Å². The average molecular weight is 479 g/mol. The molecule has 2 nitrogen and oxygen atoms in total. The molecule has 0 saturated carbocycles. The molecule has 0 aromatic carbocycles. The Labute approximate surface area is 83.6 Å². The van der Waals surface area contributed by atoms with E-state index in [9.17, 15) is 0 Å². The van der Waals surface area contributed by atoms with Gasteiger partial charge in [-0.1, -0.05) is 0 Å². The van der Waals surface area contributed by atoms with Crippen molar-refractivity contribution >= 4 is 8.61 Å². The molecule has 0 unspecified atom stereocenters. The molecule has 0 aliphatic rings. The van der Waals surface area contributed by atoms with Gasteiger partial charge in [0.1, 0.15) is 0 Å². The maximum absolute atomic E-state index is 5.09. The van der Waals surface area contributed by atoms with Crippen LogP contribution in [0.4, 0.5) is 0 Å². The Morgan fingerprint density at radius 1 is 1.90 bits per heavy atom. The number of hydrogen-bond acceptors (Lipinski definition) is 2. The van der Waals surface area contributed by atoms with Crippen LogP contribution < -0.4 is 5.73 Å². The fraction of sp³-hybridized carbons (Fsp3) is 0.333. The van der Waals surface area contributed by atoms with Gasteiger partial charge in [0, 0.05) is 0 Å². The van der Waals surface area contributed by atoms with Gasteiger partial charge >= 0.3 is 84.0 Å². The SMILES string of the molecule is N[C-]=[W].[CH-]=C[C](=[W])OCC. The van der Waals surface area contributed by atoms with E-state index < -0.39 is 0 Å². The Kier molecular flexibility index (Phi) is 16.7. The van der Waals surface area contributed by atoms with E-state index in [-0.39, 0.29) is 0 Å². The van der Waals surface area contributed by atoms with Crippen LogP contribution in [0.25, 0.3) is 0 Å². The summed E-state index contributed by atoms with van der Waals surface area (Å²) in [5.41, 5.74) is 4.63. The molecular formula is C6H9NOW2-2. The van der Waals surface area contributed by atoms with E-state index in [1.54, 1.807) is 0 Å². The van der Waals surface area contributed by atoms with E-state index in [0.29, 0.717) is 6.61 Å². The Hall–Kier alpha value is 0.777. The molecule has 58 valence electrons. The third-order valence-electron chi connectivity index (χ3n) is 0.423. The van der Waals surface area contributed by atoms with Crippen molar-refractivity contribution in [1.29, 1.82) is 0 Å². The molecule has 0 aromatic heterocycles. The number of ether oxygens (including phenoxy) is 1. The first kappa shape index (κ1) is 13.4. The first-order valence-electron chi connectivity index (χ1n) is 2.52. The van der Waals surface area contributed by atoms with Crippen molar-refractivity contribution < 1.29 is 43.4 Å². The van der Waals surface area contributed by atoms with Crippen LogP contribution in [0.1, 0.15) is 6.92 Å². The molecule has 0 heterocycles. The van der Waals surface area contributed by atoms with Crippen molar-refractivity contribution in [2.75, 3.05) is 6.61 Å². The average Bonchev–Trinajstić information content (AvgIpc) is 1.90. The van der Waals surface area contributed by atoms with E-state index in [1.165, 1.54) is 44.8 Å². The molecule has 0 rings (SSSR count). The van der Waals surface area contributed by atoms with Gasteiger partial charge in [-0.25, -0.2) is 0 Å². The van der Waals surface area contributed by atoms with Gasteiger partial charge in [0.05, 0.1) is 0 Å². The van der Waals surface area contributed by atoms with Crippen molar-refractivity contribution in [1.82, 2.24) is 0 Å². The zero-order valence-electron chi connectivity index (χ0n) is 5.66. The predicted octanol–water partition coefficient (Wildman–Crippen LogP) is -0.183. The fourth-order valence-electron chi connectivity index (χ4n) is 0.190. The normalized spacial score (nSPS) is 7.00. The molecule has 0 aliphatic heterocycles. The summed E-state index contributed by atoms with van der Waals surface area (Å²) in [6.07, 6.45) is 1.48. The summed E-state index contributed by atoms with van der Waals surface area (Å²) in [6.45, 7) is 7.74. The monoisotopic (exact) mass is 479 g/mol. The van der Waals surface area contributed by atoms with Gasteiger partial charge in [0.15, 0.2) is 0 Å². The summed E-state index contributed by atoms with van der Waals surface area (Å²) in [4.78, 5) is 0. The van der Waals surface area contributed by atoms with Crippen LogP contribution in [0.15, 0.2) is 6.08 Å². The van der Waals surface area contributed by atoms with Crippen molar-refractivity contribution in [3.63, 3.8) is 0 Å². The molecule has 2 N–H and O–H groups in total. The summed E-state index contributed by atoms with van der Waals surface area (Å²) in [6, 6.07) is 0. The zero-order valence-corrected chi connectivity index (χ0v) is 11.5. The van der Waals surface area contributed by atoms with E-state index in [2.05, 4.69) is 10.3 Å². The van der Waals surface area contributed by atoms with Gasteiger partial charge < -0.3 is 0 Å². The van der Waals surface area contributed by atoms with Gasteiger partial charge in [0.2, 0.25) is 0 Å². The minimum absolute atomic E-state index is 0.715. The van der Waals surface area contributed by atoms with E-state index in [0.717, 1.165) is 4.08 Å². The Morgan fingerprint density at radius 2 is 2.30 bits per heavy atom. The summed E-state index contributed by atoms with van der Waals surface area (Å²) in [7, 11) is 0. The van der Waals surface area contributed by atoms with Crippen molar-refractivity contribution in [2.45, 2.75) is 6.92 Å². The number of hydrogen-bond donors (Lipinski definition) is 1. The molecule has 4 heteroatoms. The van der Waals surface area contributed by atoms with E-state index in [1.807, 2.05) is 6.92 Å². The summed E-state index contributed by atoms with van der Waals surface area (Å²) in [5.74, 6) is 0. The van der Waals surface area contributed by atoms with Crippen LogP contribution >= 0.6 is 0 Å². The standard InChI is InChI=1S/C5H7O.CH2N.2W/c1-3-5-6-4-2;1-2;;/h1,3H,4H2,2H3;2H2;;/q2*-1;;. The van der Waals surface area contributed by atoms with Gasteiger partial charge in [0.25, 0.3) is 0 Å². The molecule has 0 bridgehead atoms. The second-order valence-electron chi connectivity index (χ2n) is 1.04. The number of rotatable bonds is 3. The van der Waals surface area contributed by atoms with Gasteiger partial charge in [-0.3, -0.25) is 0 Å². The van der Waals surface area contributed by atoms with Gasteiger partial charge in [-0.05, 0) is 0 Å². The Bertz CT molecular complexity index is 114. The Morgan fingerprint density at radius 3 is 2.40 bits per heavy atom. The molecule has 0 radical (unpaired) electrons. The molecule has 0 amide bonds. The quantitative estimate of drug-likeness (QED) is 0.451. The molecule has 0 aliphatic carbocycles. The molecule has 0 fully saturated rings. The fourth-order valence-corrected chi connectivity index (χ4v) is 0.614. The summed E-state index contributed by atoms with van der Waals surface area (Å²) in [5, 5.41) is 0. The van der Waals surface area contributed by atoms with Crippen LogP contribution in [0.5, 0.6) is 0 Å².